The van der Waals surface area contributed by atoms with Gasteiger partial charge in [0.2, 0.25) is 0 Å². The summed E-state index contributed by atoms with van der Waals surface area (Å²) in [4.78, 5) is 11.4. The highest BCUT2D eigenvalue weighted by atomic mass is 16.5. The van der Waals surface area contributed by atoms with Crippen LogP contribution in [0.25, 0.3) is 0 Å². The first kappa shape index (κ1) is 13.6. The SMILES string of the molecule is COCC(=O)c1ccc(OCC(O)CO)cc1. The Morgan fingerprint density at radius 1 is 1.35 bits per heavy atom. The van der Waals surface area contributed by atoms with Crippen molar-refractivity contribution in [2.45, 2.75) is 6.10 Å². The highest BCUT2D eigenvalue weighted by molar-refractivity contribution is 5.97. The molecule has 0 aromatic heterocycles. The molecule has 2 N–H and O–H groups in total. The number of carbonyl (C=O) groups is 1. The molecule has 0 spiro atoms. The van der Waals surface area contributed by atoms with Crippen LogP contribution in [0, 0.1) is 0 Å². The van der Waals surface area contributed by atoms with E-state index in [2.05, 4.69) is 0 Å². The van der Waals surface area contributed by atoms with Gasteiger partial charge in [0.1, 0.15) is 25.1 Å². The van der Waals surface area contributed by atoms with Gasteiger partial charge in [0.15, 0.2) is 5.78 Å². The summed E-state index contributed by atoms with van der Waals surface area (Å²) in [6.07, 6.45) is -0.898. The molecule has 0 saturated heterocycles. The summed E-state index contributed by atoms with van der Waals surface area (Å²) in [6.45, 7) is -0.282. The van der Waals surface area contributed by atoms with Crippen LogP contribution in [0.5, 0.6) is 5.75 Å². The lowest BCUT2D eigenvalue weighted by molar-refractivity contribution is 0.0536. The van der Waals surface area contributed by atoms with Gasteiger partial charge in [-0.25, -0.2) is 0 Å². The summed E-state index contributed by atoms with van der Waals surface area (Å²) in [5.41, 5.74) is 0.543. The van der Waals surface area contributed by atoms with E-state index in [1.54, 1.807) is 24.3 Å². The minimum Gasteiger partial charge on any atom is -0.491 e. The Bertz CT molecular complexity index is 346. The molecule has 0 saturated carbocycles. The Balaban J connectivity index is 2.53. The summed E-state index contributed by atoms with van der Waals surface area (Å²) in [7, 11) is 1.46. The molecular formula is C12H16O5. The highest BCUT2D eigenvalue weighted by Gasteiger charge is 2.06. The Morgan fingerprint density at radius 2 is 2.00 bits per heavy atom. The predicted octanol–water partition coefficient (Wildman–Crippen LogP) is 0.248. The Kier molecular flexibility index (Phi) is 5.62. The van der Waals surface area contributed by atoms with Gasteiger partial charge in [-0.15, -0.1) is 0 Å². The second kappa shape index (κ2) is 7.01. The number of benzene rings is 1. The monoisotopic (exact) mass is 240 g/mol. The van der Waals surface area contributed by atoms with Crippen molar-refractivity contribution in [2.75, 3.05) is 26.9 Å². The fourth-order valence-electron chi connectivity index (χ4n) is 1.20. The normalized spacial score (nSPS) is 12.2. The van der Waals surface area contributed by atoms with Gasteiger partial charge in [0.05, 0.1) is 6.61 Å². The molecule has 94 valence electrons. The van der Waals surface area contributed by atoms with Crippen LogP contribution < -0.4 is 4.74 Å². The van der Waals surface area contributed by atoms with Gasteiger partial charge in [-0.2, -0.15) is 0 Å². The van der Waals surface area contributed by atoms with Gasteiger partial charge in [-0.3, -0.25) is 4.79 Å². The van der Waals surface area contributed by atoms with Crippen molar-refractivity contribution >= 4 is 5.78 Å². The second-order valence-electron chi connectivity index (χ2n) is 3.53. The summed E-state index contributed by atoms with van der Waals surface area (Å²) >= 11 is 0. The van der Waals surface area contributed by atoms with E-state index in [1.165, 1.54) is 7.11 Å². The molecule has 17 heavy (non-hydrogen) atoms. The molecule has 0 amide bonds. The number of hydrogen-bond donors (Lipinski definition) is 2. The van der Waals surface area contributed by atoms with Crippen LogP contribution in [0.3, 0.4) is 0 Å². The third kappa shape index (κ3) is 4.52. The molecule has 5 heteroatoms. The van der Waals surface area contributed by atoms with Crippen LogP contribution in [0.2, 0.25) is 0 Å². The lowest BCUT2D eigenvalue weighted by Gasteiger charge is -2.10. The van der Waals surface area contributed by atoms with Crippen LogP contribution >= 0.6 is 0 Å². The first-order chi connectivity index (χ1) is 8.17. The number of hydrogen-bond acceptors (Lipinski definition) is 5. The lowest BCUT2D eigenvalue weighted by Crippen LogP contribution is -2.21. The van der Waals surface area contributed by atoms with Crippen molar-refractivity contribution in [3.63, 3.8) is 0 Å². The first-order valence-corrected chi connectivity index (χ1v) is 5.21. The summed E-state index contributed by atoms with van der Waals surface area (Å²) < 4.78 is 9.94. The zero-order valence-electron chi connectivity index (χ0n) is 9.63. The minimum absolute atomic E-state index is 0.0157. The summed E-state index contributed by atoms with van der Waals surface area (Å²) in [6, 6.07) is 6.52. The van der Waals surface area contributed by atoms with Gasteiger partial charge in [-0.1, -0.05) is 0 Å². The maximum atomic E-state index is 11.4. The van der Waals surface area contributed by atoms with Crippen LogP contribution in [-0.2, 0) is 4.74 Å². The average Bonchev–Trinajstić information content (AvgIpc) is 2.36. The molecule has 1 atom stereocenters. The van der Waals surface area contributed by atoms with E-state index in [9.17, 15) is 4.79 Å². The number of methoxy groups -OCH3 is 1. The van der Waals surface area contributed by atoms with Crippen molar-refractivity contribution in [2.24, 2.45) is 0 Å². The third-order valence-corrected chi connectivity index (χ3v) is 2.10. The zero-order valence-corrected chi connectivity index (χ0v) is 9.63. The number of carbonyl (C=O) groups excluding carboxylic acids is 1. The summed E-state index contributed by atoms with van der Waals surface area (Å²) in [5, 5.41) is 17.7. The number of ketones is 1. The van der Waals surface area contributed by atoms with E-state index in [1.807, 2.05) is 0 Å². The van der Waals surface area contributed by atoms with Crippen LogP contribution in [-0.4, -0.2) is 49.0 Å². The molecule has 1 aromatic rings. The van der Waals surface area contributed by atoms with E-state index < -0.39 is 6.10 Å². The fourth-order valence-corrected chi connectivity index (χ4v) is 1.20. The van der Waals surface area contributed by atoms with E-state index in [4.69, 9.17) is 19.7 Å². The van der Waals surface area contributed by atoms with E-state index >= 15 is 0 Å². The van der Waals surface area contributed by atoms with Crippen LogP contribution in [0.15, 0.2) is 24.3 Å². The Labute approximate surface area is 99.6 Å². The molecule has 1 aromatic carbocycles. The number of aliphatic hydroxyl groups excluding tert-OH is 2. The molecule has 0 aliphatic carbocycles. The van der Waals surface area contributed by atoms with E-state index in [0.717, 1.165) is 0 Å². The highest BCUT2D eigenvalue weighted by Crippen LogP contribution is 2.13. The molecule has 0 radical (unpaired) electrons. The van der Waals surface area contributed by atoms with Gasteiger partial charge in [-0.05, 0) is 24.3 Å². The summed E-state index contributed by atoms with van der Waals surface area (Å²) in [5.74, 6) is 0.431. The van der Waals surface area contributed by atoms with E-state index in [-0.39, 0.29) is 25.6 Å². The number of ether oxygens (including phenoxy) is 2. The largest absolute Gasteiger partial charge is 0.491 e. The van der Waals surface area contributed by atoms with Crippen LogP contribution in [0.4, 0.5) is 0 Å². The first-order valence-electron chi connectivity index (χ1n) is 5.21. The standard InChI is InChI=1S/C12H16O5/c1-16-8-12(15)9-2-4-11(5-3-9)17-7-10(14)6-13/h2-5,10,13-14H,6-8H2,1H3. The van der Waals surface area contributed by atoms with Crippen molar-refractivity contribution in [3.05, 3.63) is 29.8 Å². The third-order valence-electron chi connectivity index (χ3n) is 2.10. The molecule has 0 aliphatic heterocycles. The number of aliphatic hydroxyl groups is 2. The van der Waals surface area contributed by atoms with Crippen molar-refractivity contribution in [1.29, 1.82) is 0 Å². The molecule has 0 fully saturated rings. The molecule has 1 unspecified atom stereocenters. The minimum atomic E-state index is -0.898. The molecule has 5 nitrogen and oxygen atoms in total. The number of rotatable bonds is 7. The molecule has 0 bridgehead atoms. The van der Waals surface area contributed by atoms with Gasteiger partial charge < -0.3 is 19.7 Å². The van der Waals surface area contributed by atoms with Gasteiger partial charge in [0.25, 0.3) is 0 Å². The topological polar surface area (TPSA) is 76.0 Å². The molecule has 0 aliphatic rings. The zero-order chi connectivity index (χ0) is 12.7. The number of Topliss-reactive ketones (excluding diaryl/α,β-unsaturated/α-hetero) is 1. The fraction of sp³-hybridized carbons (Fsp3) is 0.417. The predicted molar refractivity (Wildman–Crippen MR) is 61.2 cm³/mol. The smallest absolute Gasteiger partial charge is 0.188 e. The Morgan fingerprint density at radius 3 is 2.53 bits per heavy atom. The molecule has 1 rings (SSSR count). The molecule has 0 heterocycles. The lowest BCUT2D eigenvalue weighted by atomic mass is 10.1. The quantitative estimate of drug-likeness (QED) is 0.668. The van der Waals surface area contributed by atoms with Gasteiger partial charge in [0, 0.05) is 12.7 Å². The van der Waals surface area contributed by atoms with Crippen molar-refractivity contribution < 1.29 is 24.5 Å². The van der Waals surface area contributed by atoms with Crippen molar-refractivity contribution in [3.8, 4) is 5.75 Å². The molecular weight excluding hydrogens is 224 g/mol. The van der Waals surface area contributed by atoms with Crippen molar-refractivity contribution in [1.82, 2.24) is 0 Å². The maximum Gasteiger partial charge on any atom is 0.188 e. The second-order valence-corrected chi connectivity index (χ2v) is 3.53. The van der Waals surface area contributed by atoms with Gasteiger partial charge >= 0.3 is 0 Å². The average molecular weight is 240 g/mol. The van der Waals surface area contributed by atoms with E-state index in [0.29, 0.717) is 11.3 Å². The van der Waals surface area contributed by atoms with Crippen LogP contribution in [0.1, 0.15) is 10.4 Å². The Hall–Kier alpha value is -1.43. The maximum absolute atomic E-state index is 11.4.